The number of benzene rings is 2. The lowest BCUT2D eigenvalue weighted by Crippen LogP contribution is -2.35. The number of fused-ring (bicyclic) bond motifs is 3. The number of hydrogen-bond donors (Lipinski definition) is 1. The van der Waals surface area contributed by atoms with Crippen LogP contribution in [-0.2, 0) is 27.8 Å². The molecule has 5 rings (SSSR count). The summed E-state index contributed by atoms with van der Waals surface area (Å²) in [5.74, 6) is -0.130. The first kappa shape index (κ1) is 21.2. The van der Waals surface area contributed by atoms with Gasteiger partial charge in [-0.05, 0) is 41.8 Å². The number of sulfonamides is 1. The summed E-state index contributed by atoms with van der Waals surface area (Å²) >= 11 is 1.22. The minimum Gasteiger partial charge on any atom is -0.464 e. The van der Waals surface area contributed by atoms with Gasteiger partial charge in [0.15, 0.2) is 0 Å². The summed E-state index contributed by atoms with van der Waals surface area (Å²) < 4.78 is 33.2. The number of piperidine rings is 1. The zero-order valence-corrected chi connectivity index (χ0v) is 19.2. The van der Waals surface area contributed by atoms with Gasteiger partial charge in [-0.25, -0.2) is 8.42 Å². The Morgan fingerprint density at radius 3 is 2.69 bits per heavy atom. The van der Waals surface area contributed by atoms with E-state index in [4.69, 9.17) is 4.42 Å². The largest absolute Gasteiger partial charge is 0.464 e. The van der Waals surface area contributed by atoms with E-state index in [0.717, 1.165) is 51.4 Å². The molecule has 1 saturated heterocycles. The highest BCUT2D eigenvalue weighted by atomic mass is 32.2. The average molecular weight is 469 g/mol. The molecule has 32 heavy (non-hydrogen) atoms. The van der Waals surface area contributed by atoms with Gasteiger partial charge in [0, 0.05) is 28.9 Å². The molecule has 0 spiro atoms. The van der Waals surface area contributed by atoms with Crippen molar-refractivity contribution in [3.63, 3.8) is 0 Å². The highest BCUT2D eigenvalue weighted by Crippen LogP contribution is 2.30. The van der Waals surface area contributed by atoms with Gasteiger partial charge in [0.2, 0.25) is 5.91 Å². The van der Waals surface area contributed by atoms with Crippen molar-refractivity contribution in [2.45, 2.75) is 36.4 Å². The summed E-state index contributed by atoms with van der Waals surface area (Å²) in [6.07, 6.45) is 4.74. The van der Waals surface area contributed by atoms with E-state index in [9.17, 15) is 13.2 Å². The molecule has 3 heterocycles. The molecule has 1 aliphatic heterocycles. The van der Waals surface area contributed by atoms with Crippen molar-refractivity contribution in [3.05, 3.63) is 65.2 Å². The third kappa shape index (κ3) is 4.05. The molecule has 1 fully saturated rings. The monoisotopic (exact) mass is 468 g/mol. The Morgan fingerprint density at radius 2 is 1.84 bits per heavy atom. The molecule has 1 N–H and O–H groups in total. The maximum Gasteiger partial charge on any atom is 0.252 e. The van der Waals surface area contributed by atoms with Crippen LogP contribution < -0.4 is 5.32 Å². The van der Waals surface area contributed by atoms with Crippen LogP contribution in [0.3, 0.4) is 0 Å². The molecule has 1 aliphatic rings. The fourth-order valence-electron chi connectivity index (χ4n) is 4.25. The van der Waals surface area contributed by atoms with Crippen LogP contribution in [0.15, 0.2) is 63.4 Å². The summed E-state index contributed by atoms with van der Waals surface area (Å²) in [6.45, 7) is 1.47. The van der Waals surface area contributed by atoms with Gasteiger partial charge in [-0.3, -0.25) is 4.79 Å². The molecule has 0 bridgehead atoms. The lowest BCUT2D eigenvalue weighted by atomic mass is 10.0. The molecule has 1 amide bonds. The Bertz CT molecular complexity index is 1380. The van der Waals surface area contributed by atoms with Crippen molar-refractivity contribution >= 4 is 49.0 Å². The van der Waals surface area contributed by atoms with E-state index in [1.165, 1.54) is 11.3 Å². The molecule has 6 nitrogen and oxygen atoms in total. The number of thiophene rings is 1. The Labute approximate surface area is 190 Å². The second-order valence-electron chi connectivity index (χ2n) is 8.06. The summed E-state index contributed by atoms with van der Waals surface area (Å²) in [4.78, 5) is 13.5. The topological polar surface area (TPSA) is 79.6 Å². The second kappa shape index (κ2) is 8.69. The number of carbonyl (C=O) groups excluding carboxylic acids is 1. The van der Waals surface area contributed by atoms with Crippen molar-refractivity contribution in [1.29, 1.82) is 0 Å². The number of rotatable bonds is 6. The van der Waals surface area contributed by atoms with E-state index in [1.54, 1.807) is 22.7 Å². The van der Waals surface area contributed by atoms with Crippen LogP contribution in [0.2, 0.25) is 0 Å². The Morgan fingerprint density at radius 1 is 1.03 bits per heavy atom. The summed E-state index contributed by atoms with van der Waals surface area (Å²) in [7, 11) is -3.44. The van der Waals surface area contributed by atoms with Gasteiger partial charge >= 0.3 is 0 Å². The summed E-state index contributed by atoms with van der Waals surface area (Å²) in [6, 6.07) is 15.4. The van der Waals surface area contributed by atoms with Crippen LogP contribution in [-0.4, -0.2) is 31.7 Å². The zero-order chi connectivity index (χ0) is 22.1. The second-order valence-corrected chi connectivity index (χ2v) is 11.4. The van der Waals surface area contributed by atoms with E-state index in [1.807, 2.05) is 36.4 Å². The maximum absolute atomic E-state index is 12.8. The zero-order valence-electron chi connectivity index (χ0n) is 17.5. The minimum atomic E-state index is -3.44. The Kier molecular flexibility index (Phi) is 5.75. The lowest BCUT2D eigenvalue weighted by molar-refractivity contribution is -0.120. The third-order valence-electron chi connectivity index (χ3n) is 5.90. The smallest absolute Gasteiger partial charge is 0.252 e. The van der Waals surface area contributed by atoms with Crippen molar-refractivity contribution in [2.24, 2.45) is 0 Å². The normalized spacial score (nSPS) is 15.4. The molecule has 0 radical (unpaired) electrons. The van der Waals surface area contributed by atoms with E-state index < -0.39 is 10.0 Å². The third-order valence-corrected chi connectivity index (χ3v) is 9.35. The predicted molar refractivity (Wildman–Crippen MR) is 126 cm³/mol. The van der Waals surface area contributed by atoms with Crippen molar-refractivity contribution in [2.75, 3.05) is 13.1 Å². The van der Waals surface area contributed by atoms with Gasteiger partial charge in [-0.15, -0.1) is 11.3 Å². The average Bonchev–Trinajstić information content (AvgIpc) is 3.46. The number of nitrogens with zero attached hydrogens (tertiary/aromatic N) is 1. The molecule has 0 saturated carbocycles. The summed E-state index contributed by atoms with van der Waals surface area (Å²) in [5, 5.41) is 6.04. The van der Waals surface area contributed by atoms with Gasteiger partial charge in [0.1, 0.15) is 9.79 Å². The molecule has 0 aliphatic carbocycles. The van der Waals surface area contributed by atoms with Gasteiger partial charge < -0.3 is 9.73 Å². The van der Waals surface area contributed by atoms with Crippen LogP contribution in [0.4, 0.5) is 0 Å². The number of carbonyl (C=O) groups is 1. The molecule has 0 atom stereocenters. The first-order valence-electron chi connectivity index (χ1n) is 10.8. The van der Waals surface area contributed by atoms with Crippen LogP contribution in [0.25, 0.3) is 21.7 Å². The molecule has 8 heteroatoms. The number of hydrogen-bond acceptors (Lipinski definition) is 5. The number of furan rings is 1. The van der Waals surface area contributed by atoms with Crippen LogP contribution in [0.1, 0.15) is 29.7 Å². The Hall–Kier alpha value is -2.68. The fourth-order valence-corrected chi connectivity index (χ4v) is 7.22. The minimum absolute atomic E-state index is 0.130. The fraction of sp³-hybridized carbons (Fsp3) is 0.292. The first-order chi connectivity index (χ1) is 15.5. The van der Waals surface area contributed by atoms with E-state index in [0.29, 0.717) is 23.8 Å². The molecule has 2 aromatic carbocycles. The van der Waals surface area contributed by atoms with Crippen molar-refractivity contribution in [1.82, 2.24) is 9.62 Å². The van der Waals surface area contributed by atoms with Gasteiger partial charge in [0.25, 0.3) is 10.0 Å². The molecular formula is C24H24N2O4S2. The summed E-state index contributed by atoms with van der Waals surface area (Å²) in [5.41, 5.74) is 1.60. The maximum atomic E-state index is 12.8. The highest BCUT2D eigenvalue weighted by Gasteiger charge is 2.27. The molecule has 0 unspecified atom stereocenters. The van der Waals surface area contributed by atoms with Crippen LogP contribution in [0, 0.1) is 0 Å². The van der Waals surface area contributed by atoms with E-state index in [-0.39, 0.29) is 12.3 Å². The highest BCUT2D eigenvalue weighted by molar-refractivity contribution is 7.91. The van der Waals surface area contributed by atoms with Crippen LogP contribution >= 0.6 is 11.3 Å². The van der Waals surface area contributed by atoms with E-state index >= 15 is 0 Å². The molecular weight excluding hydrogens is 444 g/mol. The quantitative estimate of drug-likeness (QED) is 0.446. The molecule has 2 aromatic heterocycles. The Balaban J connectivity index is 1.27. The van der Waals surface area contributed by atoms with E-state index in [2.05, 4.69) is 5.32 Å². The number of amides is 1. The van der Waals surface area contributed by atoms with Gasteiger partial charge in [0.05, 0.1) is 19.2 Å². The SMILES string of the molecule is O=C(Cc1coc2ccc3ccccc3c12)NCc1ccc(S(=O)(=O)N2CCCCC2)s1. The first-order valence-corrected chi connectivity index (χ1v) is 13.0. The lowest BCUT2D eigenvalue weighted by Gasteiger charge is -2.25. The van der Waals surface area contributed by atoms with Crippen LogP contribution in [0.5, 0.6) is 0 Å². The molecule has 166 valence electrons. The molecule has 4 aromatic rings. The van der Waals surface area contributed by atoms with Gasteiger partial charge in [-0.2, -0.15) is 4.31 Å². The van der Waals surface area contributed by atoms with Crippen molar-refractivity contribution in [3.8, 4) is 0 Å². The number of nitrogens with one attached hydrogen (secondary N) is 1. The standard InChI is InChI=1S/C24H24N2O4S2/c27-22(14-18-16-30-21-10-8-17-6-2-3-7-20(17)24(18)21)25-15-19-9-11-23(31-19)32(28,29)26-12-4-1-5-13-26/h2-3,6-11,16H,1,4-5,12-15H2,(H,25,27). The predicted octanol–water partition coefficient (Wildman–Crippen LogP) is 4.68. The van der Waals surface area contributed by atoms with Crippen molar-refractivity contribution < 1.29 is 17.6 Å². The van der Waals surface area contributed by atoms with Gasteiger partial charge in [-0.1, -0.05) is 36.8 Å².